The molecule has 2 aliphatic heterocycles. The molecule has 7 heteroatoms. The zero-order valence-electron chi connectivity index (χ0n) is 12.6. The van der Waals surface area contributed by atoms with Crippen LogP contribution in [0.4, 0.5) is 5.69 Å². The van der Waals surface area contributed by atoms with Crippen molar-refractivity contribution in [1.82, 2.24) is 20.1 Å². The molecule has 0 radical (unpaired) electrons. The molecule has 1 atom stereocenters. The number of carbonyl (C=O) groups excluding carboxylic acids is 2. The smallest absolute Gasteiger partial charge is 0.228 e. The number of nitrogens with one attached hydrogen (secondary N) is 2. The lowest BCUT2D eigenvalue weighted by Crippen LogP contribution is -2.35. The molecule has 4 rings (SSSR count). The molecular weight excluding hydrogens is 294 g/mol. The topological polar surface area (TPSA) is 88.9 Å². The summed E-state index contributed by atoms with van der Waals surface area (Å²) in [4.78, 5) is 24.4. The summed E-state index contributed by atoms with van der Waals surface area (Å²) in [5.74, 6) is 1.02. The van der Waals surface area contributed by atoms with Gasteiger partial charge in [-0.15, -0.1) is 10.2 Å². The first-order valence-electron chi connectivity index (χ1n) is 7.80. The van der Waals surface area contributed by atoms with E-state index in [0.717, 1.165) is 36.6 Å². The molecule has 2 amide bonds. The number of aryl methyl sites for hydroxylation is 1. The van der Waals surface area contributed by atoms with Crippen molar-refractivity contribution in [3.05, 3.63) is 41.5 Å². The van der Waals surface area contributed by atoms with Crippen molar-refractivity contribution in [1.29, 1.82) is 0 Å². The molecule has 2 N–H and O–H groups in total. The Labute approximate surface area is 133 Å². The van der Waals surface area contributed by atoms with Crippen LogP contribution in [0.25, 0.3) is 0 Å². The van der Waals surface area contributed by atoms with E-state index in [1.165, 1.54) is 0 Å². The number of amides is 2. The highest BCUT2D eigenvalue weighted by molar-refractivity contribution is 6.01. The van der Waals surface area contributed by atoms with Crippen LogP contribution in [-0.4, -0.2) is 26.6 Å². The van der Waals surface area contributed by atoms with Crippen molar-refractivity contribution < 1.29 is 9.59 Å². The van der Waals surface area contributed by atoms with E-state index in [4.69, 9.17) is 0 Å². The molecule has 1 aromatic carbocycles. The first kappa shape index (κ1) is 13.9. The second kappa shape index (κ2) is 5.49. The van der Waals surface area contributed by atoms with Crippen LogP contribution in [0.2, 0.25) is 0 Å². The minimum Gasteiger partial charge on any atom is -0.348 e. The van der Waals surface area contributed by atoms with Gasteiger partial charge in [-0.25, -0.2) is 0 Å². The quantitative estimate of drug-likeness (QED) is 0.884. The fourth-order valence-corrected chi connectivity index (χ4v) is 3.28. The van der Waals surface area contributed by atoms with E-state index in [0.29, 0.717) is 12.2 Å². The summed E-state index contributed by atoms with van der Waals surface area (Å²) in [7, 11) is 0. The molecule has 0 saturated carbocycles. The number of hydrogen-bond acceptors (Lipinski definition) is 4. The number of rotatable bonds is 3. The number of aromatic nitrogens is 3. The van der Waals surface area contributed by atoms with Gasteiger partial charge in [0, 0.05) is 25.1 Å². The molecular formula is C16H17N5O2. The van der Waals surface area contributed by atoms with E-state index in [9.17, 15) is 9.59 Å². The zero-order chi connectivity index (χ0) is 15.8. The predicted molar refractivity (Wildman–Crippen MR) is 82.6 cm³/mol. The van der Waals surface area contributed by atoms with Gasteiger partial charge in [0.15, 0.2) is 5.82 Å². The average molecular weight is 311 g/mol. The van der Waals surface area contributed by atoms with E-state index in [-0.39, 0.29) is 18.2 Å². The van der Waals surface area contributed by atoms with E-state index in [1.807, 2.05) is 24.3 Å². The Hall–Kier alpha value is -2.70. The Balaban J connectivity index is 1.50. The molecule has 0 fully saturated rings. The summed E-state index contributed by atoms with van der Waals surface area (Å²) in [6.07, 6.45) is 2.18. The van der Waals surface area contributed by atoms with Crippen molar-refractivity contribution in [2.24, 2.45) is 0 Å². The lowest BCUT2D eigenvalue weighted by atomic mass is 9.90. The molecule has 7 nitrogen and oxygen atoms in total. The van der Waals surface area contributed by atoms with Crippen molar-refractivity contribution >= 4 is 17.5 Å². The minimum atomic E-state index is -0.457. The molecule has 3 heterocycles. The number of carbonyl (C=O) groups is 2. The van der Waals surface area contributed by atoms with Crippen LogP contribution in [0.3, 0.4) is 0 Å². The number of anilines is 1. The normalized spacial score (nSPS) is 19.0. The summed E-state index contributed by atoms with van der Waals surface area (Å²) >= 11 is 0. The van der Waals surface area contributed by atoms with E-state index in [1.54, 1.807) is 0 Å². The monoisotopic (exact) mass is 311 g/mol. The van der Waals surface area contributed by atoms with E-state index in [2.05, 4.69) is 25.4 Å². The third-order valence-electron chi connectivity index (χ3n) is 4.42. The summed E-state index contributed by atoms with van der Waals surface area (Å²) in [5.41, 5.74) is 1.57. The predicted octanol–water partition coefficient (Wildman–Crippen LogP) is 0.966. The van der Waals surface area contributed by atoms with Crippen LogP contribution in [0.15, 0.2) is 24.3 Å². The first-order chi connectivity index (χ1) is 11.2. The lowest BCUT2D eigenvalue weighted by Gasteiger charge is -2.24. The summed E-state index contributed by atoms with van der Waals surface area (Å²) < 4.78 is 2.06. The molecule has 2 aromatic rings. The van der Waals surface area contributed by atoms with Gasteiger partial charge in [0.2, 0.25) is 11.8 Å². The molecule has 23 heavy (non-hydrogen) atoms. The number of hydrogen-bond donors (Lipinski definition) is 2. The van der Waals surface area contributed by atoms with Gasteiger partial charge in [-0.1, -0.05) is 18.2 Å². The largest absolute Gasteiger partial charge is 0.348 e. The van der Waals surface area contributed by atoms with Crippen molar-refractivity contribution in [3.8, 4) is 0 Å². The molecule has 0 saturated heterocycles. The number of nitrogens with zero attached hydrogens (tertiary/aromatic N) is 3. The van der Waals surface area contributed by atoms with E-state index >= 15 is 0 Å². The lowest BCUT2D eigenvalue weighted by molar-refractivity contribution is -0.126. The van der Waals surface area contributed by atoms with Crippen LogP contribution in [0.1, 0.15) is 36.0 Å². The second-order valence-electron chi connectivity index (χ2n) is 5.90. The Bertz CT molecular complexity index is 783. The maximum Gasteiger partial charge on any atom is 0.228 e. The van der Waals surface area contributed by atoms with Gasteiger partial charge in [-0.2, -0.15) is 0 Å². The zero-order valence-corrected chi connectivity index (χ0v) is 12.6. The van der Waals surface area contributed by atoms with Gasteiger partial charge in [0.25, 0.3) is 0 Å². The van der Waals surface area contributed by atoms with Gasteiger partial charge in [-0.05, 0) is 18.1 Å². The highest BCUT2D eigenvalue weighted by Crippen LogP contribution is 2.32. The third-order valence-corrected chi connectivity index (χ3v) is 4.42. The van der Waals surface area contributed by atoms with Gasteiger partial charge in [0.05, 0.1) is 12.5 Å². The fraction of sp³-hybridized carbons (Fsp3) is 0.375. The maximum atomic E-state index is 12.6. The Morgan fingerprint density at radius 1 is 1.35 bits per heavy atom. The first-order valence-corrected chi connectivity index (χ1v) is 7.80. The van der Waals surface area contributed by atoms with Gasteiger partial charge >= 0.3 is 0 Å². The van der Waals surface area contributed by atoms with Gasteiger partial charge in [0.1, 0.15) is 5.82 Å². The molecule has 0 bridgehead atoms. The van der Waals surface area contributed by atoms with Crippen LogP contribution >= 0.6 is 0 Å². The van der Waals surface area contributed by atoms with E-state index < -0.39 is 5.92 Å². The summed E-state index contributed by atoms with van der Waals surface area (Å²) in [5, 5.41) is 14.0. The van der Waals surface area contributed by atoms with Crippen LogP contribution in [-0.2, 0) is 29.1 Å². The standard InChI is InChI=1S/C16H17N5O2/c22-15-8-11(10-4-1-2-5-12(10)18-15)16(23)17-9-14-20-19-13-6-3-7-21(13)14/h1-2,4-5,11H,3,6-9H2,(H,17,23)(H,18,22)/t11-/m1/s1. The molecule has 0 spiro atoms. The van der Waals surface area contributed by atoms with Crippen molar-refractivity contribution in [3.63, 3.8) is 0 Å². The average Bonchev–Trinajstić information content (AvgIpc) is 3.15. The highest BCUT2D eigenvalue weighted by atomic mass is 16.2. The highest BCUT2D eigenvalue weighted by Gasteiger charge is 2.30. The number of benzene rings is 1. The molecule has 2 aliphatic rings. The van der Waals surface area contributed by atoms with Crippen LogP contribution in [0, 0.1) is 0 Å². The molecule has 118 valence electrons. The number of fused-ring (bicyclic) bond motifs is 2. The molecule has 0 aliphatic carbocycles. The molecule has 1 aromatic heterocycles. The summed E-state index contributed by atoms with van der Waals surface area (Å²) in [6, 6.07) is 7.42. The Kier molecular flexibility index (Phi) is 3.33. The van der Waals surface area contributed by atoms with Crippen LogP contribution in [0.5, 0.6) is 0 Å². The van der Waals surface area contributed by atoms with Crippen LogP contribution < -0.4 is 10.6 Å². The second-order valence-corrected chi connectivity index (χ2v) is 5.90. The molecule has 0 unspecified atom stereocenters. The fourth-order valence-electron chi connectivity index (χ4n) is 3.28. The third kappa shape index (κ3) is 2.48. The summed E-state index contributed by atoms with van der Waals surface area (Å²) in [6.45, 7) is 1.24. The van der Waals surface area contributed by atoms with Crippen molar-refractivity contribution in [2.75, 3.05) is 5.32 Å². The number of para-hydroxylation sites is 1. The maximum absolute atomic E-state index is 12.6. The van der Waals surface area contributed by atoms with Gasteiger partial charge < -0.3 is 15.2 Å². The van der Waals surface area contributed by atoms with Gasteiger partial charge in [-0.3, -0.25) is 9.59 Å². The van der Waals surface area contributed by atoms with Crippen molar-refractivity contribution in [2.45, 2.75) is 38.3 Å². The SMILES string of the molecule is O=C1C[C@@H](C(=O)NCc2nnc3n2CCC3)c2ccccc2N1. The Morgan fingerprint density at radius 2 is 2.22 bits per heavy atom. The Morgan fingerprint density at radius 3 is 3.13 bits per heavy atom. The minimum absolute atomic E-state index is 0.132.